The minimum absolute atomic E-state index is 0.261. The van der Waals surface area contributed by atoms with Crippen LogP contribution in [0.3, 0.4) is 0 Å². The highest BCUT2D eigenvalue weighted by molar-refractivity contribution is 6.33. The number of hydrogen-bond acceptors (Lipinski definition) is 2. The van der Waals surface area contributed by atoms with Crippen LogP contribution < -0.4 is 10.6 Å². The van der Waals surface area contributed by atoms with Gasteiger partial charge in [-0.15, -0.1) is 0 Å². The average Bonchev–Trinajstić information content (AvgIpc) is 2.76. The summed E-state index contributed by atoms with van der Waals surface area (Å²) in [6.07, 6.45) is 3.51. The smallest absolute Gasteiger partial charge is 0.125 e. The highest BCUT2D eigenvalue weighted by Crippen LogP contribution is 2.24. The van der Waals surface area contributed by atoms with Gasteiger partial charge in [-0.3, -0.25) is 0 Å². The Bertz CT molecular complexity index is 378. The molecule has 1 aliphatic heterocycles. The average molecular weight is 257 g/mol. The predicted octanol–water partition coefficient (Wildman–Crippen LogP) is 3.42. The Balaban J connectivity index is 1.92. The predicted molar refractivity (Wildman–Crippen MR) is 70.1 cm³/mol. The molecule has 0 radical (unpaired) electrons. The molecule has 0 aromatic heterocycles. The van der Waals surface area contributed by atoms with Crippen LogP contribution in [0.2, 0.25) is 5.02 Å². The first-order chi connectivity index (χ1) is 8.15. The van der Waals surface area contributed by atoms with E-state index in [-0.39, 0.29) is 11.9 Å². The van der Waals surface area contributed by atoms with Crippen molar-refractivity contribution in [1.29, 1.82) is 0 Å². The van der Waals surface area contributed by atoms with E-state index in [9.17, 15) is 4.39 Å². The Labute approximate surface area is 107 Å². The van der Waals surface area contributed by atoms with Crippen LogP contribution in [-0.4, -0.2) is 18.6 Å². The monoisotopic (exact) mass is 256 g/mol. The second-order valence-corrected chi connectivity index (χ2v) is 5.11. The van der Waals surface area contributed by atoms with Crippen LogP contribution >= 0.6 is 11.6 Å². The van der Waals surface area contributed by atoms with Gasteiger partial charge in [-0.2, -0.15) is 0 Å². The molecule has 0 spiro atoms. The molecule has 0 amide bonds. The zero-order valence-corrected chi connectivity index (χ0v) is 10.7. The van der Waals surface area contributed by atoms with Crippen molar-refractivity contribution in [3.63, 3.8) is 0 Å². The Morgan fingerprint density at radius 3 is 3.12 bits per heavy atom. The maximum absolute atomic E-state index is 13.1. The molecule has 2 unspecified atom stereocenters. The minimum atomic E-state index is -0.261. The minimum Gasteiger partial charge on any atom is -0.381 e. The third-order valence-corrected chi connectivity index (χ3v) is 3.46. The molecule has 1 aromatic carbocycles. The van der Waals surface area contributed by atoms with E-state index >= 15 is 0 Å². The Morgan fingerprint density at radius 2 is 2.41 bits per heavy atom. The van der Waals surface area contributed by atoms with Gasteiger partial charge in [-0.05, 0) is 50.9 Å². The van der Waals surface area contributed by atoms with Gasteiger partial charge in [0.2, 0.25) is 0 Å². The van der Waals surface area contributed by atoms with Crippen LogP contribution in [0.5, 0.6) is 0 Å². The van der Waals surface area contributed by atoms with Gasteiger partial charge in [-0.25, -0.2) is 4.39 Å². The molecule has 0 bridgehead atoms. The summed E-state index contributed by atoms with van der Waals surface area (Å²) in [5.41, 5.74) is 0.678. The van der Waals surface area contributed by atoms with Crippen LogP contribution in [0, 0.1) is 5.82 Å². The number of rotatable bonds is 4. The number of nitrogens with one attached hydrogen (secondary N) is 2. The van der Waals surface area contributed by atoms with Crippen molar-refractivity contribution >= 4 is 17.3 Å². The lowest BCUT2D eigenvalue weighted by molar-refractivity contribution is 0.523. The van der Waals surface area contributed by atoms with Gasteiger partial charge >= 0.3 is 0 Å². The van der Waals surface area contributed by atoms with Crippen molar-refractivity contribution in [1.82, 2.24) is 5.32 Å². The first kappa shape index (κ1) is 12.7. The van der Waals surface area contributed by atoms with Crippen molar-refractivity contribution in [2.24, 2.45) is 0 Å². The molecule has 1 heterocycles. The Morgan fingerprint density at radius 1 is 1.59 bits per heavy atom. The number of benzene rings is 1. The van der Waals surface area contributed by atoms with Crippen LogP contribution in [0.25, 0.3) is 0 Å². The number of hydrogen-bond donors (Lipinski definition) is 2. The maximum Gasteiger partial charge on any atom is 0.125 e. The molecule has 2 rings (SSSR count). The van der Waals surface area contributed by atoms with E-state index in [1.807, 2.05) is 0 Å². The van der Waals surface area contributed by atoms with Gasteiger partial charge in [0, 0.05) is 12.1 Å². The molecule has 2 atom stereocenters. The van der Waals surface area contributed by atoms with E-state index in [2.05, 4.69) is 17.6 Å². The highest BCUT2D eigenvalue weighted by atomic mass is 35.5. The van der Waals surface area contributed by atoms with Gasteiger partial charge in [0.15, 0.2) is 0 Å². The van der Waals surface area contributed by atoms with Crippen LogP contribution in [0.15, 0.2) is 18.2 Å². The fourth-order valence-corrected chi connectivity index (χ4v) is 2.49. The van der Waals surface area contributed by atoms with E-state index in [0.717, 1.165) is 13.0 Å². The van der Waals surface area contributed by atoms with Crippen molar-refractivity contribution in [2.45, 2.75) is 38.3 Å². The summed E-state index contributed by atoms with van der Waals surface area (Å²) in [6, 6.07) is 5.26. The molecule has 17 heavy (non-hydrogen) atoms. The van der Waals surface area contributed by atoms with Crippen molar-refractivity contribution in [3.05, 3.63) is 29.0 Å². The second-order valence-electron chi connectivity index (χ2n) is 4.70. The lowest BCUT2D eigenvalue weighted by atomic mass is 10.1. The highest BCUT2D eigenvalue weighted by Gasteiger charge is 2.17. The van der Waals surface area contributed by atoms with Gasteiger partial charge < -0.3 is 10.6 Å². The first-order valence-electron chi connectivity index (χ1n) is 6.10. The fourth-order valence-electron chi connectivity index (χ4n) is 2.32. The molecule has 94 valence electrons. The summed E-state index contributed by atoms with van der Waals surface area (Å²) in [4.78, 5) is 0. The van der Waals surface area contributed by atoms with Gasteiger partial charge in [0.1, 0.15) is 5.82 Å². The molecule has 1 fully saturated rings. The molecule has 0 aliphatic carbocycles. The molecule has 2 N–H and O–H groups in total. The lowest BCUT2D eigenvalue weighted by Gasteiger charge is -2.20. The first-order valence-corrected chi connectivity index (χ1v) is 6.48. The van der Waals surface area contributed by atoms with Gasteiger partial charge in [0.25, 0.3) is 0 Å². The fraction of sp³-hybridized carbons (Fsp3) is 0.538. The van der Waals surface area contributed by atoms with Crippen molar-refractivity contribution in [2.75, 3.05) is 11.9 Å². The Kier molecular flexibility index (Phi) is 4.24. The zero-order chi connectivity index (χ0) is 12.3. The molecule has 4 heteroatoms. The lowest BCUT2D eigenvalue weighted by Crippen LogP contribution is -2.29. The zero-order valence-electron chi connectivity index (χ0n) is 9.97. The molecular weight excluding hydrogens is 239 g/mol. The maximum atomic E-state index is 13.1. The standard InChI is InChI=1S/C13H18ClFN2/c1-9(7-11-3-2-6-16-11)17-13-8-10(15)4-5-12(13)14/h4-5,8-9,11,16-17H,2-3,6-7H2,1H3. The normalized spacial score (nSPS) is 21.5. The molecule has 1 aliphatic rings. The topological polar surface area (TPSA) is 24.1 Å². The molecule has 1 saturated heterocycles. The van der Waals surface area contributed by atoms with E-state index in [0.29, 0.717) is 16.8 Å². The number of anilines is 1. The summed E-state index contributed by atoms with van der Waals surface area (Å²) < 4.78 is 13.1. The van der Waals surface area contributed by atoms with Crippen molar-refractivity contribution < 1.29 is 4.39 Å². The van der Waals surface area contributed by atoms with E-state index < -0.39 is 0 Å². The largest absolute Gasteiger partial charge is 0.381 e. The quantitative estimate of drug-likeness (QED) is 0.863. The summed E-state index contributed by atoms with van der Waals surface area (Å²) in [5, 5.41) is 7.29. The third kappa shape index (κ3) is 3.58. The molecule has 1 aromatic rings. The summed E-state index contributed by atoms with van der Waals surface area (Å²) in [6.45, 7) is 3.21. The summed E-state index contributed by atoms with van der Waals surface area (Å²) in [7, 11) is 0. The molecule has 2 nitrogen and oxygen atoms in total. The summed E-state index contributed by atoms with van der Waals surface area (Å²) in [5.74, 6) is -0.261. The third-order valence-electron chi connectivity index (χ3n) is 3.13. The van der Waals surface area contributed by atoms with Crippen LogP contribution in [-0.2, 0) is 0 Å². The van der Waals surface area contributed by atoms with E-state index in [1.165, 1.54) is 25.0 Å². The Hall–Kier alpha value is -0.800. The van der Waals surface area contributed by atoms with E-state index in [1.54, 1.807) is 6.07 Å². The van der Waals surface area contributed by atoms with Gasteiger partial charge in [-0.1, -0.05) is 11.6 Å². The van der Waals surface area contributed by atoms with E-state index in [4.69, 9.17) is 11.6 Å². The molecule has 0 saturated carbocycles. The molecular formula is C13H18ClFN2. The SMILES string of the molecule is CC(CC1CCCN1)Nc1cc(F)ccc1Cl. The van der Waals surface area contributed by atoms with Crippen LogP contribution in [0.1, 0.15) is 26.2 Å². The number of halogens is 2. The van der Waals surface area contributed by atoms with Crippen LogP contribution in [0.4, 0.5) is 10.1 Å². The van der Waals surface area contributed by atoms with Gasteiger partial charge in [0.05, 0.1) is 10.7 Å². The van der Waals surface area contributed by atoms with Crippen molar-refractivity contribution in [3.8, 4) is 0 Å². The summed E-state index contributed by atoms with van der Waals surface area (Å²) >= 11 is 6.01. The second kappa shape index (κ2) is 5.69.